The molecule has 0 unspecified atom stereocenters. The summed E-state index contributed by atoms with van der Waals surface area (Å²) < 4.78 is 0. The summed E-state index contributed by atoms with van der Waals surface area (Å²) in [4.78, 5) is 46.9. The van der Waals surface area contributed by atoms with E-state index in [0.717, 1.165) is 135 Å². The SMILES string of the molecule is c1ccc(-c2ccc(N3c4ccccc4-c4cc(-c5ccccc5)cc5ncnc3c45)cc2)cc1.c1ccc(-c2ccc(N3c4ccccc4-c4nc(-c5ccccc5)nc5cccc3c45)cc2)cc1.c1ccc(-c2ccc(N3c4cncnc4-c4cc(-c5ccccc5)cc5cccc3c45)cc2)cc1.c1ccc(-c2cccc(-c3cc4c5c(cccc5c3)N(c3ccccc3)c3ncncc3-4)c2)cc1. The summed E-state index contributed by atoms with van der Waals surface area (Å²) in [5.41, 5.74) is 39.4. The Hall–Kier alpha value is -19.0. The molecule has 4 aromatic heterocycles. The molecule has 0 radical (unpaired) electrons. The monoisotopic (exact) mass is 1790 g/mol. The van der Waals surface area contributed by atoms with Crippen molar-refractivity contribution in [3.8, 4) is 134 Å². The van der Waals surface area contributed by atoms with Crippen molar-refractivity contribution in [1.29, 1.82) is 0 Å². The number of nitrogens with zero attached hydrogens (tertiary/aromatic N) is 12. The third-order valence-electron chi connectivity index (χ3n) is 26.7. The molecule has 140 heavy (non-hydrogen) atoms. The Labute approximate surface area is 810 Å². The van der Waals surface area contributed by atoms with Gasteiger partial charge < -0.3 is 9.80 Å². The molecule has 12 nitrogen and oxygen atoms in total. The van der Waals surface area contributed by atoms with Crippen LogP contribution in [0.25, 0.3) is 177 Å². The summed E-state index contributed by atoms with van der Waals surface area (Å²) in [7, 11) is 0. The topological polar surface area (TPSA) is 116 Å². The molecule has 28 rings (SSSR count). The Morgan fingerprint density at radius 3 is 1.09 bits per heavy atom. The molecule has 8 heterocycles. The van der Waals surface area contributed by atoms with Gasteiger partial charge in [-0.1, -0.05) is 352 Å². The molecule has 0 spiro atoms. The van der Waals surface area contributed by atoms with Crippen LogP contribution in [0.4, 0.5) is 68.5 Å². The van der Waals surface area contributed by atoms with Gasteiger partial charge in [0.05, 0.1) is 73.5 Å². The van der Waals surface area contributed by atoms with Gasteiger partial charge in [0.2, 0.25) is 0 Å². The first kappa shape index (κ1) is 82.8. The second-order valence-corrected chi connectivity index (χ2v) is 35.0. The standard InChI is InChI=1S/4C32H21N3/c1-3-9-22(10-4-1)23-11-7-12-24(17-23)26-18-25-13-8-16-30-31(25)28(19-26)29-20-33-21-34-32(29)35(30)27-14-5-2-6-15-27;1-3-10-22(11-4-1)23-18-20-25(21-19-23)35-28-16-8-7-14-26(28)31-30-27(15-9-17-29(30)35)33-32(34-31)24-12-5-2-6-13-24;1-3-9-22(10-4-1)24-15-17-26(18-16-24)35-30-14-8-7-13-27(30)28-19-25(23-11-5-2-6-12-23)20-29-31(28)32(35)34-21-33-29;1-3-8-22(9-4-1)24-14-16-27(17-15-24)35-29-13-7-12-25-18-26(23-10-5-2-6-11-23)19-28(31(25)29)32-30(35)20-33-21-34-32/h4*1-21H. The van der Waals surface area contributed by atoms with Gasteiger partial charge in [0.15, 0.2) is 5.82 Å². The maximum atomic E-state index is 5.09. The molecule has 4 aliphatic heterocycles. The van der Waals surface area contributed by atoms with Gasteiger partial charge in [-0.15, -0.1) is 0 Å². The predicted molar refractivity (Wildman–Crippen MR) is 576 cm³/mol. The highest BCUT2D eigenvalue weighted by molar-refractivity contribution is 6.18. The van der Waals surface area contributed by atoms with E-state index in [1.807, 2.05) is 60.9 Å². The molecule has 0 bridgehead atoms. The Morgan fingerprint density at radius 1 is 0.164 bits per heavy atom. The van der Waals surface area contributed by atoms with E-state index in [0.29, 0.717) is 0 Å². The lowest BCUT2D eigenvalue weighted by Gasteiger charge is -2.33. The van der Waals surface area contributed by atoms with Crippen LogP contribution in [0.3, 0.4) is 0 Å². The Bertz CT molecular complexity index is 8150. The number of hydrogen-bond acceptors (Lipinski definition) is 12. The van der Waals surface area contributed by atoms with Crippen molar-refractivity contribution in [2.75, 3.05) is 19.6 Å². The maximum absolute atomic E-state index is 5.09. The van der Waals surface area contributed by atoms with E-state index in [9.17, 15) is 0 Å². The molecular formula is C128H84N12. The predicted octanol–water partition coefficient (Wildman–Crippen LogP) is 33.7. The number of rotatable bonds is 12. The largest absolute Gasteiger partial charge is 0.309 e. The number of anilines is 12. The molecule has 0 atom stereocenters. The minimum Gasteiger partial charge on any atom is -0.309 e. The summed E-state index contributed by atoms with van der Waals surface area (Å²) in [5, 5.41) is 7.01. The van der Waals surface area contributed by atoms with Gasteiger partial charge in [-0.05, 0) is 227 Å². The lowest BCUT2D eigenvalue weighted by atomic mass is 9.89. The lowest BCUT2D eigenvalue weighted by molar-refractivity contribution is 1.11. The summed E-state index contributed by atoms with van der Waals surface area (Å²) in [6.07, 6.45) is 8.81. The van der Waals surface area contributed by atoms with E-state index in [2.05, 4.69) is 465 Å². The first-order valence-corrected chi connectivity index (χ1v) is 47.0. The van der Waals surface area contributed by atoms with Crippen molar-refractivity contribution in [3.63, 3.8) is 0 Å². The number of aromatic nitrogens is 8. The Morgan fingerprint density at radius 2 is 0.529 bits per heavy atom. The molecule has 24 aromatic rings. The average Bonchev–Trinajstić information content (AvgIpc) is 0.734. The third-order valence-corrected chi connectivity index (χ3v) is 26.7. The fraction of sp³-hybridized carbons (Fsp3) is 0. The normalized spacial score (nSPS) is 11.9. The highest BCUT2D eigenvalue weighted by Crippen LogP contribution is 2.57. The van der Waals surface area contributed by atoms with Gasteiger partial charge in [-0.2, -0.15) is 0 Å². The average molecular weight is 1790 g/mol. The summed E-state index contributed by atoms with van der Waals surface area (Å²) in [6.45, 7) is 0. The fourth-order valence-electron chi connectivity index (χ4n) is 20.3. The van der Waals surface area contributed by atoms with Gasteiger partial charge in [-0.25, -0.2) is 39.9 Å². The van der Waals surface area contributed by atoms with Crippen LogP contribution in [0.15, 0.2) is 511 Å². The molecule has 0 amide bonds. The van der Waals surface area contributed by atoms with Gasteiger partial charge in [-0.3, -0.25) is 9.80 Å². The van der Waals surface area contributed by atoms with Gasteiger partial charge in [0, 0.05) is 67.5 Å². The van der Waals surface area contributed by atoms with Crippen LogP contribution < -0.4 is 19.6 Å². The molecule has 0 saturated heterocycles. The van der Waals surface area contributed by atoms with Crippen LogP contribution >= 0.6 is 0 Å². The number of benzene rings is 20. The number of para-hydroxylation sites is 3. The highest BCUT2D eigenvalue weighted by atomic mass is 15.2. The Balaban J connectivity index is 0.0000000985. The zero-order valence-corrected chi connectivity index (χ0v) is 75.9. The van der Waals surface area contributed by atoms with Crippen LogP contribution in [0.2, 0.25) is 0 Å². The molecule has 4 aliphatic rings. The van der Waals surface area contributed by atoms with Crippen molar-refractivity contribution in [2.45, 2.75) is 0 Å². The van der Waals surface area contributed by atoms with E-state index in [4.69, 9.17) is 24.9 Å². The van der Waals surface area contributed by atoms with Crippen LogP contribution in [0.1, 0.15) is 0 Å². The van der Waals surface area contributed by atoms with Gasteiger partial charge >= 0.3 is 0 Å². The van der Waals surface area contributed by atoms with E-state index >= 15 is 0 Å². The molecule has 656 valence electrons. The molecule has 0 fully saturated rings. The van der Waals surface area contributed by atoms with Crippen molar-refractivity contribution in [1.82, 2.24) is 39.9 Å². The van der Waals surface area contributed by atoms with Crippen LogP contribution in [0, 0.1) is 0 Å². The van der Waals surface area contributed by atoms with E-state index in [1.165, 1.54) is 111 Å². The minimum absolute atomic E-state index is 0.751. The van der Waals surface area contributed by atoms with E-state index in [1.54, 1.807) is 19.0 Å². The van der Waals surface area contributed by atoms with Crippen LogP contribution in [-0.4, -0.2) is 39.9 Å². The van der Waals surface area contributed by atoms with Crippen molar-refractivity contribution in [3.05, 3.63) is 511 Å². The molecule has 0 N–H and O–H groups in total. The summed E-state index contributed by atoms with van der Waals surface area (Å²) >= 11 is 0. The third kappa shape index (κ3) is 15.3. The van der Waals surface area contributed by atoms with E-state index in [-0.39, 0.29) is 0 Å². The first-order chi connectivity index (χ1) is 69.5. The quantitative estimate of drug-likeness (QED) is 0.116. The highest BCUT2D eigenvalue weighted by Gasteiger charge is 2.34. The van der Waals surface area contributed by atoms with Crippen molar-refractivity contribution in [2.24, 2.45) is 0 Å². The van der Waals surface area contributed by atoms with Crippen LogP contribution in [-0.2, 0) is 0 Å². The molecule has 12 heteroatoms. The van der Waals surface area contributed by atoms with Crippen molar-refractivity contribution >= 4 is 112 Å². The summed E-state index contributed by atoms with van der Waals surface area (Å²) in [5.74, 6) is 2.57. The molecule has 0 aliphatic carbocycles. The second-order valence-electron chi connectivity index (χ2n) is 35.0. The fourth-order valence-corrected chi connectivity index (χ4v) is 20.3. The maximum Gasteiger partial charge on any atom is 0.160 e. The second kappa shape index (κ2) is 36.1. The Kier molecular flexibility index (Phi) is 21.3. The molecular weight excluding hydrogens is 1710 g/mol. The molecule has 0 saturated carbocycles. The number of fused-ring (bicyclic) bond motifs is 8. The van der Waals surface area contributed by atoms with Crippen LogP contribution in [0.5, 0.6) is 0 Å². The van der Waals surface area contributed by atoms with Crippen molar-refractivity contribution < 1.29 is 0 Å². The smallest absolute Gasteiger partial charge is 0.160 e. The first-order valence-electron chi connectivity index (χ1n) is 47.0. The lowest BCUT2D eigenvalue weighted by Crippen LogP contribution is -2.16. The number of hydrogen-bond donors (Lipinski definition) is 0. The van der Waals surface area contributed by atoms with E-state index < -0.39 is 0 Å². The minimum atomic E-state index is 0.751. The zero-order chi connectivity index (χ0) is 92.8. The van der Waals surface area contributed by atoms with Gasteiger partial charge in [0.1, 0.15) is 30.6 Å². The van der Waals surface area contributed by atoms with Gasteiger partial charge in [0.25, 0.3) is 0 Å². The summed E-state index contributed by atoms with van der Waals surface area (Å²) in [6, 6.07) is 169. The zero-order valence-electron chi connectivity index (χ0n) is 75.9. The molecule has 20 aromatic carbocycles.